The van der Waals surface area contributed by atoms with E-state index in [1.54, 1.807) is 0 Å². The molecule has 0 atom stereocenters. The summed E-state index contributed by atoms with van der Waals surface area (Å²) in [6, 6.07) is 57.3. The molecule has 0 fully saturated rings. The zero-order valence-corrected chi connectivity index (χ0v) is 25.0. The van der Waals surface area contributed by atoms with Gasteiger partial charge in [0.15, 0.2) is 5.82 Å². The minimum atomic E-state index is 0.708. The Labute approximate surface area is 266 Å². The molecule has 0 unspecified atom stereocenters. The standard InChI is InChI=1S/C42H28N4/c1-4-12-29(13-5-1)36-28-37(30-14-6-2-7-15-30)44-42(43-36)31-20-22-32(23-21-31)45-27-26-35-38(45)24-25-40-41(35)34-18-10-11-19-39(34)46(40)33-16-8-3-9-17-33/h1-28H. The molecule has 0 saturated heterocycles. The summed E-state index contributed by atoms with van der Waals surface area (Å²) < 4.78 is 4.63. The maximum Gasteiger partial charge on any atom is 0.160 e. The van der Waals surface area contributed by atoms with Crippen molar-refractivity contribution in [2.45, 2.75) is 0 Å². The van der Waals surface area contributed by atoms with E-state index >= 15 is 0 Å². The highest BCUT2D eigenvalue weighted by Gasteiger charge is 2.17. The van der Waals surface area contributed by atoms with E-state index in [0.29, 0.717) is 5.82 Å². The monoisotopic (exact) mass is 588 g/mol. The number of rotatable bonds is 5. The molecule has 0 aliphatic rings. The highest BCUT2D eigenvalue weighted by Crippen LogP contribution is 2.38. The summed E-state index contributed by atoms with van der Waals surface area (Å²) in [6.45, 7) is 0. The van der Waals surface area contributed by atoms with Crippen LogP contribution in [0.5, 0.6) is 0 Å². The smallest absolute Gasteiger partial charge is 0.160 e. The molecule has 9 aromatic rings. The Morgan fingerprint density at radius 2 is 0.957 bits per heavy atom. The van der Waals surface area contributed by atoms with Gasteiger partial charge in [-0.1, -0.05) is 97.1 Å². The molecule has 46 heavy (non-hydrogen) atoms. The van der Waals surface area contributed by atoms with Crippen molar-refractivity contribution < 1.29 is 0 Å². The fourth-order valence-corrected chi connectivity index (χ4v) is 6.63. The van der Waals surface area contributed by atoms with E-state index in [4.69, 9.17) is 9.97 Å². The zero-order chi connectivity index (χ0) is 30.5. The molecule has 0 amide bonds. The van der Waals surface area contributed by atoms with Gasteiger partial charge in [0, 0.05) is 50.4 Å². The fourth-order valence-electron chi connectivity index (χ4n) is 6.63. The summed E-state index contributed by atoms with van der Waals surface area (Å²) in [7, 11) is 0. The Morgan fingerprint density at radius 3 is 1.63 bits per heavy atom. The first-order valence-electron chi connectivity index (χ1n) is 15.5. The van der Waals surface area contributed by atoms with Crippen LogP contribution in [0.4, 0.5) is 0 Å². The van der Waals surface area contributed by atoms with Crippen molar-refractivity contribution in [2.24, 2.45) is 0 Å². The summed E-state index contributed by atoms with van der Waals surface area (Å²) in [4.78, 5) is 10.0. The van der Waals surface area contributed by atoms with Gasteiger partial charge in [-0.2, -0.15) is 0 Å². The Hall–Kier alpha value is -6.26. The average Bonchev–Trinajstić information content (AvgIpc) is 3.72. The second kappa shape index (κ2) is 10.7. The van der Waals surface area contributed by atoms with Crippen molar-refractivity contribution in [3.63, 3.8) is 0 Å². The Bertz CT molecular complexity index is 2430. The van der Waals surface area contributed by atoms with Gasteiger partial charge in [-0.15, -0.1) is 0 Å². The molecular weight excluding hydrogens is 560 g/mol. The molecule has 0 saturated carbocycles. The topological polar surface area (TPSA) is 35.6 Å². The van der Waals surface area contributed by atoms with Crippen LogP contribution in [0.2, 0.25) is 0 Å². The summed E-state index contributed by atoms with van der Waals surface area (Å²) >= 11 is 0. The molecule has 3 heterocycles. The van der Waals surface area contributed by atoms with Crippen molar-refractivity contribution in [2.75, 3.05) is 0 Å². The van der Waals surface area contributed by atoms with Crippen LogP contribution in [0.1, 0.15) is 0 Å². The molecule has 0 N–H and O–H groups in total. The molecule has 0 spiro atoms. The zero-order valence-electron chi connectivity index (χ0n) is 25.0. The van der Waals surface area contributed by atoms with Crippen LogP contribution in [0.3, 0.4) is 0 Å². The summed E-state index contributed by atoms with van der Waals surface area (Å²) in [5.41, 5.74) is 10.8. The van der Waals surface area contributed by atoms with Crippen molar-refractivity contribution in [3.05, 3.63) is 170 Å². The lowest BCUT2D eigenvalue weighted by Gasteiger charge is -2.11. The maximum atomic E-state index is 5.01. The first-order valence-corrected chi connectivity index (χ1v) is 15.5. The molecule has 216 valence electrons. The summed E-state index contributed by atoms with van der Waals surface area (Å²) in [5.74, 6) is 0.708. The van der Waals surface area contributed by atoms with Gasteiger partial charge in [-0.25, -0.2) is 9.97 Å². The average molecular weight is 589 g/mol. The minimum Gasteiger partial charge on any atom is -0.317 e. The van der Waals surface area contributed by atoms with E-state index in [2.05, 4.69) is 143 Å². The van der Waals surface area contributed by atoms with Crippen LogP contribution in [-0.2, 0) is 0 Å². The van der Waals surface area contributed by atoms with Crippen LogP contribution < -0.4 is 0 Å². The van der Waals surface area contributed by atoms with E-state index in [1.165, 1.54) is 32.7 Å². The number of hydrogen-bond donors (Lipinski definition) is 0. The summed E-state index contributed by atoms with van der Waals surface area (Å²) in [5, 5.41) is 3.76. The van der Waals surface area contributed by atoms with Gasteiger partial charge in [0.2, 0.25) is 0 Å². The van der Waals surface area contributed by atoms with E-state index in [-0.39, 0.29) is 0 Å². The van der Waals surface area contributed by atoms with Crippen LogP contribution >= 0.6 is 0 Å². The number of aromatic nitrogens is 4. The van der Waals surface area contributed by atoms with Gasteiger partial charge in [-0.05, 0) is 66.7 Å². The fraction of sp³-hybridized carbons (Fsp3) is 0. The lowest BCUT2D eigenvalue weighted by atomic mass is 10.1. The van der Waals surface area contributed by atoms with Crippen molar-refractivity contribution in [3.8, 4) is 45.3 Å². The molecule has 0 aliphatic heterocycles. The number of benzene rings is 6. The largest absolute Gasteiger partial charge is 0.317 e. The number of nitrogens with zero attached hydrogens (tertiary/aromatic N) is 4. The van der Waals surface area contributed by atoms with Crippen LogP contribution in [0.25, 0.3) is 78.0 Å². The van der Waals surface area contributed by atoms with Gasteiger partial charge in [-0.3, -0.25) is 0 Å². The first kappa shape index (κ1) is 26.2. The highest BCUT2D eigenvalue weighted by atomic mass is 15.0. The van der Waals surface area contributed by atoms with Crippen molar-refractivity contribution >= 4 is 32.7 Å². The van der Waals surface area contributed by atoms with E-state index in [9.17, 15) is 0 Å². The highest BCUT2D eigenvalue weighted by molar-refractivity contribution is 6.21. The van der Waals surface area contributed by atoms with E-state index in [1.807, 2.05) is 36.4 Å². The summed E-state index contributed by atoms with van der Waals surface area (Å²) in [6.07, 6.45) is 2.17. The number of para-hydroxylation sites is 2. The number of fused-ring (bicyclic) bond motifs is 5. The quantitative estimate of drug-likeness (QED) is 0.200. The molecule has 6 aromatic carbocycles. The molecule has 0 radical (unpaired) electrons. The SMILES string of the molecule is c1ccc(-c2cc(-c3ccccc3)nc(-c3ccc(-n4ccc5c6c7ccccc7n(-c7ccccc7)c6ccc54)cc3)n2)cc1. The molecule has 4 nitrogen and oxygen atoms in total. The third-order valence-electron chi connectivity index (χ3n) is 8.79. The minimum absolute atomic E-state index is 0.708. The molecular formula is C42H28N4. The van der Waals surface area contributed by atoms with Gasteiger partial charge in [0.1, 0.15) is 0 Å². The lowest BCUT2D eigenvalue weighted by Crippen LogP contribution is -1.97. The molecule has 0 bridgehead atoms. The second-order valence-electron chi connectivity index (χ2n) is 11.5. The Balaban J connectivity index is 1.15. The normalized spacial score (nSPS) is 11.5. The van der Waals surface area contributed by atoms with E-state index < -0.39 is 0 Å². The predicted molar refractivity (Wildman–Crippen MR) is 190 cm³/mol. The first-order chi connectivity index (χ1) is 22.8. The maximum absolute atomic E-state index is 5.01. The Morgan fingerprint density at radius 1 is 0.391 bits per heavy atom. The third-order valence-corrected chi connectivity index (χ3v) is 8.79. The van der Waals surface area contributed by atoms with Crippen LogP contribution in [0, 0.1) is 0 Å². The lowest BCUT2D eigenvalue weighted by molar-refractivity contribution is 1.12. The van der Waals surface area contributed by atoms with E-state index in [0.717, 1.165) is 39.5 Å². The van der Waals surface area contributed by atoms with Gasteiger partial charge in [0.25, 0.3) is 0 Å². The molecule has 9 rings (SSSR count). The predicted octanol–water partition coefficient (Wildman–Crippen LogP) is 10.5. The van der Waals surface area contributed by atoms with Crippen LogP contribution in [0.15, 0.2) is 170 Å². The molecule has 3 aromatic heterocycles. The molecule has 4 heteroatoms. The number of hydrogen-bond acceptors (Lipinski definition) is 2. The van der Waals surface area contributed by atoms with Crippen molar-refractivity contribution in [1.29, 1.82) is 0 Å². The van der Waals surface area contributed by atoms with Crippen molar-refractivity contribution in [1.82, 2.24) is 19.1 Å². The van der Waals surface area contributed by atoms with Gasteiger partial charge >= 0.3 is 0 Å². The van der Waals surface area contributed by atoms with Gasteiger partial charge < -0.3 is 9.13 Å². The third kappa shape index (κ3) is 4.31. The van der Waals surface area contributed by atoms with Gasteiger partial charge in [0.05, 0.1) is 27.9 Å². The molecule has 0 aliphatic carbocycles. The second-order valence-corrected chi connectivity index (χ2v) is 11.5. The Kier molecular flexibility index (Phi) is 6.10. The van der Waals surface area contributed by atoms with Crippen LogP contribution in [-0.4, -0.2) is 19.1 Å².